The van der Waals surface area contributed by atoms with Crippen molar-refractivity contribution in [3.05, 3.63) is 23.8 Å². The molecule has 4 unspecified atom stereocenters. The average molecular weight is 418 g/mol. The summed E-state index contributed by atoms with van der Waals surface area (Å²) in [5, 5.41) is 10.1. The predicted molar refractivity (Wildman–Crippen MR) is 104 cm³/mol. The number of nitrogens with zero attached hydrogens (tertiary/aromatic N) is 3. The third-order valence-corrected chi connectivity index (χ3v) is 9.93. The van der Waals surface area contributed by atoms with Crippen molar-refractivity contribution in [2.45, 2.75) is 36.1 Å². The van der Waals surface area contributed by atoms with Crippen LogP contribution in [0.25, 0.3) is 0 Å². The molecule has 4 fully saturated rings. The highest BCUT2D eigenvalue weighted by molar-refractivity contribution is 8.78. The molecular formula is C19H19N3O4S2. The summed E-state index contributed by atoms with van der Waals surface area (Å²) in [5.41, 5.74) is -0.116. The molecule has 5 aliphatic rings. The molecule has 0 aliphatic carbocycles. The van der Waals surface area contributed by atoms with Gasteiger partial charge in [-0.15, -0.1) is 0 Å². The van der Waals surface area contributed by atoms with Crippen molar-refractivity contribution in [1.29, 1.82) is 5.26 Å². The Kier molecular flexibility index (Phi) is 3.55. The van der Waals surface area contributed by atoms with Gasteiger partial charge in [0.1, 0.15) is 13.2 Å². The molecule has 9 heteroatoms. The van der Waals surface area contributed by atoms with Crippen molar-refractivity contribution in [2.24, 2.45) is 5.41 Å². The van der Waals surface area contributed by atoms with Crippen molar-refractivity contribution >= 4 is 33.4 Å². The summed E-state index contributed by atoms with van der Waals surface area (Å²) in [6.45, 7) is 4.56. The van der Waals surface area contributed by atoms with Crippen molar-refractivity contribution in [1.82, 2.24) is 9.80 Å². The van der Waals surface area contributed by atoms with E-state index in [0.29, 0.717) is 24.7 Å². The fraction of sp³-hybridized carbons (Fsp3) is 0.526. The van der Waals surface area contributed by atoms with Crippen LogP contribution >= 0.6 is 21.6 Å². The van der Waals surface area contributed by atoms with E-state index in [1.165, 1.54) is 26.5 Å². The Morgan fingerprint density at radius 2 is 1.86 bits per heavy atom. The van der Waals surface area contributed by atoms with Gasteiger partial charge in [0.15, 0.2) is 21.2 Å². The van der Waals surface area contributed by atoms with E-state index in [0.717, 1.165) is 5.56 Å². The molecule has 0 radical (unpaired) electrons. The molecule has 2 amide bonds. The van der Waals surface area contributed by atoms with Gasteiger partial charge in [-0.25, -0.2) is 0 Å². The first-order valence-electron chi connectivity index (χ1n) is 9.06. The van der Waals surface area contributed by atoms with Gasteiger partial charge in [0.05, 0.1) is 17.5 Å². The van der Waals surface area contributed by atoms with Crippen LogP contribution in [0.4, 0.5) is 0 Å². The Morgan fingerprint density at radius 3 is 2.57 bits per heavy atom. The lowest BCUT2D eigenvalue weighted by Crippen LogP contribution is -2.73. The van der Waals surface area contributed by atoms with Crippen molar-refractivity contribution in [3.63, 3.8) is 0 Å². The molecule has 1 aromatic rings. The summed E-state index contributed by atoms with van der Waals surface area (Å²) in [4.78, 5) is 28.0. The first-order chi connectivity index (χ1) is 13.3. The molecule has 4 saturated heterocycles. The smallest absolute Gasteiger partial charge is 0.261 e. The maximum absolute atomic E-state index is 13.5. The number of ether oxygens (including phenoxy) is 2. The molecule has 1 spiro atoms. The van der Waals surface area contributed by atoms with Crippen molar-refractivity contribution in [3.8, 4) is 17.6 Å². The Hall–Kier alpha value is -2.05. The first kappa shape index (κ1) is 18.0. The maximum atomic E-state index is 13.5. The van der Waals surface area contributed by atoms with Gasteiger partial charge in [-0.05, 0) is 31.5 Å². The molecule has 5 aliphatic heterocycles. The third-order valence-electron chi connectivity index (χ3n) is 6.23. The van der Waals surface area contributed by atoms with E-state index in [9.17, 15) is 14.9 Å². The number of piperazine rings is 1. The molecule has 0 saturated carbocycles. The second-order valence-corrected chi connectivity index (χ2v) is 10.8. The zero-order valence-corrected chi connectivity index (χ0v) is 17.4. The number of hydrogen-bond donors (Lipinski definition) is 0. The number of likely N-dealkylation sites (N-methyl/N-ethyl adjacent to an activating group) is 1. The van der Waals surface area contributed by atoms with Gasteiger partial charge in [0.25, 0.3) is 11.8 Å². The van der Waals surface area contributed by atoms with Crippen LogP contribution in [0.3, 0.4) is 0 Å². The van der Waals surface area contributed by atoms with E-state index < -0.39 is 21.2 Å². The van der Waals surface area contributed by atoms with Crippen LogP contribution < -0.4 is 9.47 Å². The summed E-state index contributed by atoms with van der Waals surface area (Å²) in [6.07, 6.45) is 0.290. The minimum absolute atomic E-state index is 0.111. The highest BCUT2D eigenvalue weighted by Gasteiger charge is 2.74. The average Bonchev–Trinajstić information content (AvgIpc) is 2.99. The zero-order chi connectivity index (χ0) is 19.9. The molecule has 0 N–H and O–H groups in total. The van der Waals surface area contributed by atoms with Gasteiger partial charge in [-0.1, -0.05) is 27.7 Å². The summed E-state index contributed by atoms with van der Waals surface area (Å²) in [7, 11) is 4.50. The van der Waals surface area contributed by atoms with E-state index in [4.69, 9.17) is 9.47 Å². The topological polar surface area (TPSA) is 82.9 Å². The Balaban J connectivity index is 1.69. The molecule has 5 heterocycles. The lowest BCUT2D eigenvalue weighted by Gasteiger charge is -2.57. The molecule has 2 bridgehead atoms. The van der Waals surface area contributed by atoms with Crippen molar-refractivity contribution < 1.29 is 19.1 Å². The monoisotopic (exact) mass is 417 g/mol. The molecule has 6 rings (SSSR count). The highest BCUT2D eigenvalue weighted by Crippen LogP contribution is 2.69. The van der Waals surface area contributed by atoms with Gasteiger partial charge in [0, 0.05) is 13.5 Å². The van der Waals surface area contributed by atoms with Gasteiger partial charge >= 0.3 is 0 Å². The van der Waals surface area contributed by atoms with E-state index in [1.807, 2.05) is 25.1 Å². The molecule has 28 heavy (non-hydrogen) atoms. The summed E-state index contributed by atoms with van der Waals surface area (Å²) >= 11 is 0. The number of fused-ring (bicyclic) bond motifs is 3. The molecular weight excluding hydrogens is 398 g/mol. The van der Waals surface area contributed by atoms with E-state index in [1.54, 1.807) is 18.9 Å². The van der Waals surface area contributed by atoms with Crippen LogP contribution in [-0.4, -0.2) is 51.6 Å². The fourth-order valence-electron chi connectivity index (χ4n) is 4.65. The second kappa shape index (κ2) is 5.51. The molecule has 146 valence electrons. The number of nitriles is 1. The number of carbonyl (C=O) groups is 2. The quantitative estimate of drug-likeness (QED) is 0.650. The Morgan fingerprint density at radius 1 is 1.14 bits per heavy atom. The van der Waals surface area contributed by atoms with Gasteiger partial charge in [-0.2, -0.15) is 5.26 Å². The largest absolute Gasteiger partial charge is 0.486 e. The van der Waals surface area contributed by atoms with Crippen LogP contribution in [0.15, 0.2) is 18.2 Å². The van der Waals surface area contributed by atoms with Crippen LogP contribution in [0.5, 0.6) is 11.5 Å². The third kappa shape index (κ3) is 1.97. The van der Waals surface area contributed by atoms with Crippen LogP contribution in [0.1, 0.15) is 31.9 Å². The number of amides is 2. The lowest BCUT2D eigenvalue weighted by atomic mass is 9.79. The van der Waals surface area contributed by atoms with Gasteiger partial charge < -0.3 is 19.3 Å². The molecule has 1 aromatic carbocycles. The SMILES string of the molecule is CN1C(=O)C23CC(C)(C#N)C(c4ccc5c(c4)OCCO5)N2C(=O)C1(C)SS3. The van der Waals surface area contributed by atoms with Gasteiger partial charge in [0.2, 0.25) is 0 Å². The van der Waals surface area contributed by atoms with E-state index >= 15 is 0 Å². The maximum Gasteiger partial charge on any atom is 0.261 e. The van der Waals surface area contributed by atoms with Crippen LogP contribution in [-0.2, 0) is 9.59 Å². The normalized spacial score (nSPS) is 38.4. The number of carbonyl (C=O) groups excluding carboxylic acids is 2. The molecule has 0 aromatic heterocycles. The molecule has 7 nitrogen and oxygen atoms in total. The number of hydrogen-bond acceptors (Lipinski definition) is 7. The lowest BCUT2D eigenvalue weighted by molar-refractivity contribution is -0.164. The standard InChI is InChI=1S/C19H19N3O4S2/c1-17(10-20)9-19-16(24)21(3)18(2,27-28-19)15(23)22(19)14(17)11-4-5-12-13(8-11)26-7-6-25-12/h4-5,8,14H,6-7,9H2,1-3H3. The Bertz CT molecular complexity index is 965. The fourth-order valence-corrected chi connectivity index (χ4v) is 8.23. The van der Waals surface area contributed by atoms with Crippen LogP contribution in [0, 0.1) is 16.7 Å². The predicted octanol–water partition coefficient (Wildman–Crippen LogP) is 2.54. The molecule has 4 atom stereocenters. The number of benzene rings is 1. The summed E-state index contributed by atoms with van der Waals surface area (Å²) in [6, 6.07) is 7.41. The van der Waals surface area contributed by atoms with Crippen molar-refractivity contribution in [2.75, 3.05) is 20.3 Å². The summed E-state index contributed by atoms with van der Waals surface area (Å²) < 4.78 is 11.3. The first-order valence-corrected chi connectivity index (χ1v) is 11.2. The highest BCUT2D eigenvalue weighted by atomic mass is 33.1. The van der Waals surface area contributed by atoms with E-state index in [-0.39, 0.29) is 18.2 Å². The minimum atomic E-state index is -1.06. The van der Waals surface area contributed by atoms with E-state index in [2.05, 4.69) is 6.07 Å². The second-order valence-electron chi connectivity index (χ2n) is 7.98. The number of rotatable bonds is 1. The van der Waals surface area contributed by atoms with Crippen LogP contribution in [0.2, 0.25) is 0 Å². The minimum Gasteiger partial charge on any atom is -0.486 e. The van der Waals surface area contributed by atoms with Gasteiger partial charge in [-0.3, -0.25) is 9.59 Å². The Labute approximate surface area is 170 Å². The zero-order valence-electron chi connectivity index (χ0n) is 15.7. The summed E-state index contributed by atoms with van der Waals surface area (Å²) in [5.74, 6) is 1.02.